The highest BCUT2D eigenvalue weighted by Crippen LogP contribution is 2.33. The van der Waals surface area contributed by atoms with Gasteiger partial charge in [0.05, 0.1) is 25.7 Å². The Labute approximate surface area is 167 Å². The number of benzene rings is 2. The summed E-state index contributed by atoms with van der Waals surface area (Å²) in [6, 6.07) is 6.90. The lowest BCUT2D eigenvalue weighted by atomic mass is 10.1. The number of halogens is 3. The Kier molecular flexibility index (Phi) is 6.45. The smallest absolute Gasteiger partial charge is 0.261 e. The minimum Gasteiger partial charge on any atom is -0.350 e. The molecular weight excluding hydrogens is 419 g/mol. The van der Waals surface area contributed by atoms with Crippen molar-refractivity contribution in [2.24, 2.45) is 0 Å². The van der Waals surface area contributed by atoms with Gasteiger partial charge in [-0.15, -0.1) is 0 Å². The zero-order valence-corrected chi connectivity index (χ0v) is 17.3. The molecule has 9 heteroatoms. The maximum Gasteiger partial charge on any atom is 0.261 e. The molecule has 2 aromatic rings. The predicted molar refractivity (Wildman–Crippen MR) is 106 cm³/mol. The lowest BCUT2D eigenvalue weighted by molar-refractivity contribution is 0.0942. The summed E-state index contributed by atoms with van der Waals surface area (Å²) in [5.74, 6) is -0.345. The number of hydrogen-bond acceptors (Lipinski definition) is 3. The van der Waals surface area contributed by atoms with Gasteiger partial charge in [-0.05, 0) is 50.6 Å². The van der Waals surface area contributed by atoms with Crippen molar-refractivity contribution in [1.82, 2.24) is 5.32 Å². The highest BCUT2D eigenvalue weighted by atomic mass is 35.5. The van der Waals surface area contributed by atoms with E-state index in [4.69, 9.17) is 34.8 Å². The molecule has 0 fully saturated rings. The van der Waals surface area contributed by atoms with Gasteiger partial charge < -0.3 is 5.32 Å². The SMILES string of the molecule is Cc1ccc(S(=O)(=O)Nc2cc(Cl)c(Cl)cc2Cl)cc1C(=O)NC(C)C. The van der Waals surface area contributed by atoms with Crippen molar-refractivity contribution < 1.29 is 13.2 Å². The molecule has 2 aromatic carbocycles. The first-order valence-electron chi connectivity index (χ1n) is 7.60. The molecule has 0 heterocycles. The van der Waals surface area contributed by atoms with Gasteiger partial charge in [-0.1, -0.05) is 40.9 Å². The minimum absolute atomic E-state index is 0.0702. The van der Waals surface area contributed by atoms with E-state index in [2.05, 4.69) is 10.0 Å². The van der Waals surface area contributed by atoms with Crippen LogP contribution in [-0.2, 0) is 10.0 Å². The Bertz CT molecular complexity index is 960. The van der Waals surface area contributed by atoms with Crippen LogP contribution in [0.15, 0.2) is 35.2 Å². The summed E-state index contributed by atoms with van der Waals surface area (Å²) in [4.78, 5) is 12.2. The van der Waals surface area contributed by atoms with Crippen molar-refractivity contribution in [3.8, 4) is 0 Å². The van der Waals surface area contributed by atoms with Crippen LogP contribution in [0.25, 0.3) is 0 Å². The van der Waals surface area contributed by atoms with Crippen LogP contribution in [0.4, 0.5) is 5.69 Å². The number of anilines is 1. The van der Waals surface area contributed by atoms with Crippen molar-refractivity contribution >= 4 is 56.4 Å². The van der Waals surface area contributed by atoms with Gasteiger partial charge in [0.2, 0.25) is 0 Å². The molecular formula is C17H17Cl3N2O3S. The Morgan fingerprint density at radius 2 is 1.62 bits per heavy atom. The van der Waals surface area contributed by atoms with E-state index in [0.29, 0.717) is 5.56 Å². The largest absolute Gasteiger partial charge is 0.350 e. The van der Waals surface area contributed by atoms with Gasteiger partial charge in [-0.25, -0.2) is 8.42 Å². The predicted octanol–water partition coefficient (Wildman–Crippen LogP) is 4.89. The Morgan fingerprint density at radius 3 is 2.23 bits per heavy atom. The minimum atomic E-state index is -3.98. The van der Waals surface area contributed by atoms with Crippen LogP contribution < -0.4 is 10.0 Å². The van der Waals surface area contributed by atoms with E-state index >= 15 is 0 Å². The summed E-state index contributed by atoms with van der Waals surface area (Å²) in [5.41, 5.74) is 1.03. The van der Waals surface area contributed by atoms with E-state index in [0.717, 1.165) is 0 Å². The summed E-state index contributed by atoms with van der Waals surface area (Å²) >= 11 is 17.8. The standard InChI is InChI=1S/C17H17Cl3N2O3S/c1-9(2)21-17(23)12-6-11(5-4-10(12)3)26(24,25)22-16-8-14(19)13(18)7-15(16)20/h4-9,22H,1-3H3,(H,21,23). The van der Waals surface area contributed by atoms with Crippen LogP contribution in [0.5, 0.6) is 0 Å². The van der Waals surface area contributed by atoms with E-state index in [1.54, 1.807) is 13.0 Å². The second-order valence-corrected chi connectivity index (χ2v) is 8.86. The molecule has 5 nitrogen and oxygen atoms in total. The van der Waals surface area contributed by atoms with E-state index in [9.17, 15) is 13.2 Å². The van der Waals surface area contributed by atoms with Crippen LogP contribution in [0.1, 0.15) is 29.8 Å². The first-order chi connectivity index (χ1) is 12.0. The van der Waals surface area contributed by atoms with E-state index in [1.165, 1.54) is 24.3 Å². The van der Waals surface area contributed by atoms with Gasteiger partial charge in [0.1, 0.15) is 0 Å². The topological polar surface area (TPSA) is 75.3 Å². The van der Waals surface area contributed by atoms with E-state index < -0.39 is 10.0 Å². The van der Waals surface area contributed by atoms with Gasteiger partial charge >= 0.3 is 0 Å². The van der Waals surface area contributed by atoms with Crippen LogP contribution in [0.2, 0.25) is 15.1 Å². The van der Waals surface area contributed by atoms with Crippen molar-refractivity contribution in [2.45, 2.75) is 31.7 Å². The summed E-state index contributed by atoms with van der Waals surface area (Å²) in [6.45, 7) is 5.37. The number of carbonyl (C=O) groups is 1. The normalized spacial score (nSPS) is 11.5. The molecule has 1 amide bonds. The molecule has 0 aromatic heterocycles. The number of aryl methyl sites for hydroxylation is 1. The third-order valence-electron chi connectivity index (χ3n) is 3.44. The van der Waals surface area contributed by atoms with E-state index in [-0.39, 0.29) is 43.2 Å². The molecule has 0 spiro atoms. The molecule has 0 bridgehead atoms. The van der Waals surface area contributed by atoms with Gasteiger partial charge in [0.25, 0.3) is 15.9 Å². The molecule has 0 aliphatic carbocycles. The summed E-state index contributed by atoms with van der Waals surface area (Å²) in [7, 11) is -3.98. The number of amides is 1. The maximum atomic E-state index is 12.7. The molecule has 26 heavy (non-hydrogen) atoms. The summed E-state index contributed by atoms with van der Waals surface area (Å²) < 4.78 is 27.7. The molecule has 2 rings (SSSR count). The third-order valence-corrected chi connectivity index (χ3v) is 5.84. The first kappa shape index (κ1) is 20.8. The van der Waals surface area contributed by atoms with Crippen molar-refractivity contribution in [3.63, 3.8) is 0 Å². The van der Waals surface area contributed by atoms with Crippen LogP contribution in [-0.4, -0.2) is 20.4 Å². The molecule has 0 saturated heterocycles. The van der Waals surface area contributed by atoms with Gasteiger partial charge in [0.15, 0.2) is 0 Å². The molecule has 0 saturated carbocycles. The zero-order chi connectivity index (χ0) is 19.6. The Morgan fingerprint density at radius 1 is 1.00 bits per heavy atom. The average Bonchev–Trinajstić information content (AvgIpc) is 2.51. The highest BCUT2D eigenvalue weighted by Gasteiger charge is 2.20. The fourth-order valence-electron chi connectivity index (χ4n) is 2.16. The average molecular weight is 436 g/mol. The third kappa shape index (κ3) is 4.82. The fourth-order valence-corrected chi connectivity index (χ4v) is 3.90. The molecule has 0 radical (unpaired) electrons. The lowest BCUT2D eigenvalue weighted by Gasteiger charge is -2.14. The number of hydrogen-bond donors (Lipinski definition) is 2. The highest BCUT2D eigenvalue weighted by molar-refractivity contribution is 7.92. The van der Waals surface area contributed by atoms with Crippen molar-refractivity contribution in [3.05, 3.63) is 56.5 Å². The molecule has 0 aliphatic heterocycles. The van der Waals surface area contributed by atoms with Crippen molar-refractivity contribution in [2.75, 3.05) is 4.72 Å². The second-order valence-electron chi connectivity index (χ2n) is 5.96. The maximum absolute atomic E-state index is 12.7. The molecule has 2 N–H and O–H groups in total. The summed E-state index contributed by atoms with van der Waals surface area (Å²) in [6.07, 6.45) is 0. The molecule has 0 atom stereocenters. The van der Waals surface area contributed by atoms with Gasteiger partial charge in [-0.3, -0.25) is 9.52 Å². The first-order valence-corrected chi connectivity index (χ1v) is 10.2. The quantitative estimate of drug-likeness (QED) is 0.656. The van der Waals surface area contributed by atoms with Crippen LogP contribution in [0, 0.1) is 6.92 Å². The van der Waals surface area contributed by atoms with Gasteiger partial charge in [-0.2, -0.15) is 0 Å². The fraction of sp³-hybridized carbons (Fsp3) is 0.235. The number of sulfonamides is 1. The monoisotopic (exact) mass is 434 g/mol. The number of carbonyl (C=O) groups excluding carboxylic acids is 1. The number of rotatable bonds is 5. The second kappa shape index (κ2) is 8.05. The van der Waals surface area contributed by atoms with Gasteiger partial charge in [0, 0.05) is 11.6 Å². The Hall–Kier alpha value is -1.47. The summed E-state index contributed by atoms with van der Waals surface area (Å²) in [5, 5.41) is 3.22. The Balaban J connectivity index is 2.41. The zero-order valence-electron chi connectivity index (χ0n) is 14.2. The van der Waals surface area contributed by atoms with Crippen molar-refractivity contribution in [1.29, 1.82) is 0 Å². The lowest BCUT2D eigenvalue weighted by Crippen LogP contribution is -2.30. The number of nitrogens with one attached hydrogen (secondary N) is 2. The molecule has 0 unspecified atom stereocenters. The van der Waals surface area contributed by atoms with Crippen LogP contribution in [0.3, 0.4) is 0 Å². The molecule has 0 aliphatic rings. The molecule has 140 valence electrons. The van der Waals surface area contributed by atoms with E-state index in [1.807, 2.05) is 13.8 Å². The van der Waals surface area contributed by atoms with Crippen LogP contribution >= 0.6 is 34.8 Å².